The Morgan fingerprint density at radius 1 is 1.30 bits per heavy atom. The van der Waals surface area contributed by atoms with Crippen LogP contribution in [0.5, 0.6) is 0 Å². The van der Waals surface area contributed by atoms with Crippen LogP contribution in [0, 0.1) is 28.1 Å². The molecule has 3 aliphatic carbocycles. The fourth-order valence-corrected chi connectivity index (χ4v) is 6.75. The summed E-state index contributed by atoms with van der Waals surface area (Å²) in [5.74, 6) is 0.854. The number of fused-ring (bicyclic) bond motifs is 3. The zero-order valence-corrected chi connectivity index (χ0v) is 14.1. The molecule has 3 saturated heterocycles. The van der Waals surface area contributed by atoms with Crippen LogP contribution < -0.4 is 0 Å². The topological polar surface area (TPSA) is 35.5 Å². The molecule has 7 unspecified atom stereocenters. The number of ether oxygens (including phenoxy) is 2. The van der Waals surface area contributed by atoms with Crippen LogP contribution in [0.4, 0.5) is 0 Å². The molecule has 2 saturated carbocycles. The van der Waals surface area contributed by atoms with E-state index in [1.165, 1.54) is 24.8 Å². The number of carbonyl (C=O) groups excluding carboxylic acids is 1. The highest BCUT2D eigenvalue weighted by Crippen LogP contribution is 2.69. The summed E-state index contributed by atoms with van der Waals surface area (Å²) in [5, 5.41) is 0. The van der Waals surface area contributed by atoms with Gasteiger partial charge in [-0.2, -0.15) is 0 Å². The highest BCUT2D eigenvalue weighted by molar-refractivity contribution is 5.81. The van der Waals surface area contributed by atoms with E-state index in [1.807, 2.05) is 0 Å². The van der Waals surface area contributed by atoms with Crippen LogP contribution in [-0.2, 0) is 14.3 Å². The zero-order chi connectivity index (χ0) is 16.0. The van der Waals surface area contributed by atoms with Crippen LogP contribution in [0.15, 0.2) is 24.3 Å². The van der Waals surface area contributed by atoms with Crippen molar-refractivity contribution >= 4 is 5.97 Å². The molecule has 0 radical (unpaired) electrons. The van der Waals surface area contributed by atoms with E-state index in [4.69, 9.17) is 9.47 Å². The average molecular weight is 314 g/mol. The number of carbonyl (C=O) groups is 1. The molecular formula is C20H26O3. The second kappa shape index (κ2) is 4.11. The second-order valence-electron chi connectivity index (χ2n) is 9.07. The van der Waals surface area contributed by atoms with Gasteiger partial charge < -0.3 is 9.47 Å². The minimum absolute atomic E-state index is 0.0248. The summed E-state index contributed by atoms with van der Waals surface area (Å²) >= 11 is 0. The Bertz CT molecular complexity index is 627. The minimum atomic E-state index is -0.428. The molecule has 1 spiro atoms. The van der Waals surface area contributed by atoms with Crippen molar-refractivity contribution in [2.45, 2.75) is 58.2 Å². The third kappa shape index (κ3) is 1.49. The summed E-state index contributed by atoms with van der Waals surface area (Å²) in [6.45, 7) is 9.28. The van der Waals surface area contributed by atoms with E-state index >= 15 is 0 Å². The first-order valence-corrected chi connectivity index (χ1v) is 9.10. The van der Waals surface area contributed by atoms with Crippen molar-refractivity contribution in [3.63, 3.8) is 0 Å². The van der Waals surface area contributed by atoms with Crippen LogP contribution in [0.1, 0.15) is 46.0 Å². The molecule has 3 heteroatoms. The molecule has 2 bridgehead atoms. The first-order valence-electron chi connectivity index (χ1n) is 9.10. The number of esters is 1. The number of hydrogen-bond donors (Lipinski definition) is 0. The van der Waals surface area contributed by atoms with Gasteiger partial charge in [0.15, 0.2) is 0 Å². The molecule has 3 nitrogen and oxygen atoms in total. The molecular weight excluding hydrogens is 288 g/mol. The maximum atomic E-state index is 12.7. The fourth-order valence-electron chi connectivity index (χ4n) is 6.75. The quantitative estimate of drug-likeness (QED) is 0.547. The van der Waals surface area contributed by atoms with Gasteiger partial charge in [0.25, 0.3) is 0 Å². The summed E-state index contributed by atoms with van der Waals surface area (Å²) in [5.41, 5.74) is 1.38. The maximum Gasteiger partial charge on any atom is 0.315 e. The molecule has 3 heterocycles. The second-order valence-corrected chi connectivity index (χ2v) is 9.07. The van der Waals surface area contributed by atoms with Crippen molar-refractivity contribution in [3.8, 4) is 0 Å². The lowest BCUT2D eigenvalue weighted by Crippen LogP contribution is -2.66. The molecule has 0 aromatic rings. The minimum Gasteiger partial charge on any atom is -0.457 e. The Labute approximate surface area is 138 Å². The fraction of sp³-hybridized carbons (Fsp3) is 0.750. The van der Waals surface area contributed by atoms with Crippen molar-refractivity contribution in [1.29, 1.82) is 0 Å². The summed E-state index contributed by atoms with van der Waals surface area (Å²) in [7, 11) is 0. The van der Waals surface area contributed by atoms with E-state index in [1.54, 1.807) is 0 Å². The van der Waals surface area contributed by atoms with Gasteiger partial charge in [0, 0.05) is 11.3 Å². The third-order valence-corrected chi connectivity index (χ3v) is 8.00. The van der Waals surface area contributed by atoms with E-state index in [0.29, 0.717) is 11.8 Å². The summed E-state index contributed by atoms with van der Waals surface area (Å²) in [6.07, 6.45) is 10.1. The molecule has 7 atom stereocenters. The standard InChI is InChI=1S/C20H26O3/c1-4-18(2)7-5-13-12(10-18)9-14-16-19(3,17(21)23-14)15-6-8-20(13,16)11-22-15/h4,9,13-16H,1,5-8,10-11H2,2-3H3. The summed E-state index contributed by atoms with van der Waals surface area (Å²) in [6, 6.07) is 0. The Morgan fingerprint density at radius 2 is 2.13 bits per heavy atom. The van der Waals surface area contributed by atoms with Crippen molar-refractivity contribution in [2.24, 2.45) is 28.1 Å². The molecule has 0 aromatic carbocycles. The van der Waals surface area contributed by atoms with Gasteiger partial charge >= 0.3 is 5.97 Å². The van der Waals surface area contributed by atoms with Crippen LogP contribution >= 0.6 is 0 Å². The van der Waals surface area contributed by atoms with Crippen LogP contribution in [0.2, 0.25) is 0 Å². The van der Waals surface area contributed by atoms with E-state index in [-0.39, 0.29) is 29.0 Å². The molecule has 23 heavy (non-hydrogen) atoms. The Kier molecular flexibility index (Phi) is 2.55. The van der Waals surface area contributed by atoms with Crippen LogP contribution in [0.3, 0.4) is 0 Å². The van der Waals surface area contributed by atoms with Crippen molar-refractivity contribution in [2.75, 3.05) is 6.61 Å². The van der Waals surface area contributed by atoms with Crippen LogP contribution in [-0.4, -0.2) is 24.8 Å². The Balaban J connectivity index is 1.65. The molecule has 6 rings (SSSR count). The van der Waals surface area contributed by atoms with Gasteiger partial charge in [-0.25, -0.2) is 0 Å². The summed E-state index contributed by atoms with van der Waals surface area (Å²) < 4.78 is 12.1. The van der Waals surface area contributed by atoms with E-state index < -0.39 is 5.41 Å². The maximum absolute atomic E-state index is 12.7. The van der Waals surface area contributed by atoms with Gasteiger partial charge in [0.05, 0.1) is 18.1 Å². The summed E-state index contributed by atoms with van der Waals surface area (Å²) in [4.78, 5) is 12.7. The highest BCUT2D eigenvalue weighted by atomic mass is 16.6. The highest BCUT2D eigenvalue weighted by Gasteiger charge is 2.73. The van der Waals surface area contributed by atoms with Gasteiger partial charge in [-0.1, -0.05) is 18.6 Å². The predicted molar refractivity (Wildman–Crippen MR) is 86.6 cm³/mol. The largest absolute Gasteiger partial charge is 0.457 e. The molecule has 0 aromatic heterocycles. The van der Waals surface area contributed by atoms with E-state index in [9.17, 15) is 4.79 Å². The Morgan fingerprint density at radius 3 is 2.83 bits per heavy atom. The monoisotopic (exact) mass is 314 g/mol. The smallest absolute Gasteiger partial charge is 0.315 e. The SMILES string of the molecule is C=CC1(C)CCC2C(=CC3OC(=O)C4(C)C5CCC2(CO5)C34)C1. The normalized spacial score (nSPS) is 56.4. The molecule has 0 amide bonds. The van der Waals surface area contributed by atoms with Crippen molar-refractivity contribution in [1.82, 2.24) is 0 Å². The van der Waals surface area contributed by atoms with E-state index in [0.717, 1.165) is 19.4 Å². The molecule has 5 fully saturated rings. The average Bonchev–Trinajstić information content (AvgIpc) is 2.81. The lowest BCUT2D eigenvalue weighted by atomic mass is 9.43. The van der Waals surface area contributed by atoms with Gasteiger partial charge in [-0.3, -0.25) is 4.79 Å². The van der Waals surface area contributed by atoms with Gasteiger partial charge in [0.2, 0.25) is 0 Å². The lowest BCUT2D eigenvalue weighted by molar-refractivity contribution is -0.233. The van der Waals surface area contributed by atoms with Crippen LogP contribution in [0.25, 0.3) is 0 Å². The van der Waals surface area contributed by atoms with Crippen molar-refractivity contribution < 1.29 is 14.3 Å². The lowest BCUT2D eigenvalue weighted by Gasteiger charge is -2.63. The van der Waals surface area contributed by atoms with E-state index in [2.05, 4.69) is 32.6 Å². The molecule has 6 aliphatic rings. The molecule has 124 valence electrons. The van der Waals surface area contributed by atoms with Gasteiger partial charge in [-0.05, 0) is 56.4 Å². The molecule has 3 aliphatic heterocycles. The first-order chi connectivity index (χ1) is 10.9. The van der Waals surface area contributed by atoms with Gasteiger partial charge in [0.1, 0.15) is 6.10 Å². The van der Waals surface area contributed by atoms with Gasteiger partial charge in [-0.15, -0.1) is 6.58 Å². The number of allylic oxidation sites excluding steroid dienone is 2. The number of hydrogen-bond acceptors (Lipinski definition) is 3. The number of rotatable bonds is 1. The first kappa shape index (κ1) is 14.3. The zero-order valence-electron chi connectivity index (χ0n) is 14.1. The third-order valence-electron chi connectivity index (χ3n) is 8.00. The Hall–Kier alpha value is -1.09. The van der Waals surface area contributed by atoms with Crippen molar-refractivity contribution in [3.05, 3.63) is 24.3 Å². The molecule has 0 N–H and O–H groups in total. The predicted octanol–water partition coefficient (Wildman–Crippen LogP) is 3.65.